The van der Waals surface area contributed by atoms with Crippen LogP contribution in [-0.2, 0) is 0 Å². The normalized spacial score (nSPS) is 20.1. The minimum absolute atomic E-state index is 0.0324. The van der Waals surface area contributed by atoms with Gasteiger partial charge < -0.3 is 15.0 Å². The molecule has 2 aromatic rings. The average Bonchev–Trinajstić information content (AvgIpc) is 2.99. The van der Waals surface area contributed by atoms with Gasteiger partial charge in [-0.05, 0) is 37.7 Å². The number of nitrogens with zero attached hydrogens (tertiary/aromatic N) is 2. The van der Waals surface area contributed by atoms with E-state index in [2.05, 4.69) is 23.2 Å². The van der Waals surface area contributed by atoms with Gasteiger partial charge in [0.15, 0.2) is 0 Å². The Morgan fingerprint density at radius 3 is 3.05 bits per heavy atom. The van der Waals surface area contributed by atoms with Crippen LogP contribution in [-0.4, -0.2) is 19.8 Å². The molecule has 0 bridgehead atoms. The van der Waals surface area contributed by atoms with Crippen LogP contribution in [0.1, 0.15) is 28.4 Å². The number of aryl methyl sites for hydroxylation is 2. The molecule has 0 spiro atoms. The zero-order chi connectivity index (χ0) is 13.3. The van der Waals surface area contributed by atoms with Gasteiger partial charge in [-0.1, -0.05) is 0 Å². The summed E-state index contributed by atoms with van der Waals surface area (Å²) < 4.78 is 7.61. The van der Waals surface area contributed by atoms with Crippen LogP contribution in [0, 0.1) is 13.8 Å². The van der Waals surface area contributed by atoms with Gasteiger partial charge in [0.05, 0.1) is 17.1 Å². The Bertz CT molecular complexity index is 768. The largest absolute Gasteiger partial charge is 0.425 e. The lowest BCUT2D eigenvalue weighted by atomic mass is 9.87. The van der Waals surface area contributed by atoms with Crippen molar-refractivity contribution >= 4 is 23.1 Å². The number of rotatable bonds is 0. The third-order valence-electron chi connectivity index (χ3n) is 3.89. The lowest BCUT2D eigenvalue weighted by Crippen LogP contribution is -2.22. The Kier molecular flexibility index (Phi) is 1.86. The van der Waals surface area contributed by atoms with E-state index in [1.807, 2.05) is 17.7 Å². The minimum Gasteiger partial charge on any atom is -0.425 e. The number of fused-ring (bicyclic) bond motifs is 5. The van der Waals surface area contributed by atoms with Crippen molar-refractivity contribution in [2.24, 2.45) is 5.73 Å². The Morgan fingerprint density at radius 1 is 1.47 bits per heavy atom. The van der Waals surface area contributed by atoms with Gasteiger partial charge >= 0.3 is 0 Å². The maximum absolute atomic E-state index is 6.23. The Labute approximate surface area is 115 Å². The van der Waals surface area contributed by atoms with Crippen LogP contribution >= 0.6 is 12.2 Å². The van der Waals surface area contributed by atoms with Gasteiger partial charge in [-0.25, -0.2) is 0 Å². The smallest absolute Gasteiger partial charge is 0.243 e. The van der Waals surface area contributed by atoms with Crippen LogP contribution in [0.3, 0.4) is 0 Å². The van der Waals surface area contributed by atoms with Gasteiger partial charge in [0, 0.05) is 17.6 Å². The first kappa shape index (κ1) is 10.8. The van der Waals surface area contributed by atoms with E-state index in [0.29, 0.717) is 16.8 Å². The molecular formula is C13H12N4OS. The summed E-state index contributed by atoms with van der Waals surface area (Å²) in [5.74, 6) is 1.26. The SMILES string of the molecule is Cc1ccn2c1C1C(=C2N)C(=S)Oc2n[nH]c(C)c21. The van der Waals surface area contributed by atoms with Crippen molar-refractivity contribution in [1.82, 2.24) is 14.8 Å². The molecule has 0 aliphatic carbocycles. The molecule has 0 saturated heterocycles. The highest BCUT2D eigenvalue weighted by Gasteiger charge is 2.43. The van der Waals surface area contributed by atoms with Gasteiger partial charge in [-0.15, -0.1) is 5.10 Å². The molecule has 0 radical (unpaired) electrons. The quantitative estimate of drug-likeness (QED) is 0.718. The molecule has 96 valence electrons. The Balaban J connectivity index is 2.09. The van der Waals surface area contributed by atoms with Crippen molar-refractivity contribution in [3.8, 4) is 5.88 Å². The van der Waals surface area contributed by atoms with E-state index < -0.39 is 0 Å². The number of aromatic amines is 1. The zero-order valence-corrected chi connectivity index (χ0v) is 11.3. The first-order chi connectivity index (χ1) is 9.09. The Morgan fingerprint density at radius 2 is 2.26 bits per heavy atom. The molecule has 5 nitrogen and oxygen atoms in total. The predicted molar refractivity (Wildman–Crippen MR) is 75.0 cm³/mol. The Hall–Kier alpha value is -2.08. The van der Waals surface area contributed by atoms with Gasteiger partial charge in [0.2, 0.25) is 10.9 Å². The molecule has 0 amide bonds. The number of ether oxygens (including phenoxy) is 1. The topological polar surface area (TPSA) is 68.9 Å². The van der Waals surface area contributed by atoms with E-state index >= 15 is 0 Å². The van der Waals surface area contributed by atoms with Gasteiger partial charge in [-0.2, -0.15) is 0 Å². The summed E-state index contributed by atoms with van der Waals surface area (Å²) in [6.45, 7) is 4.06. The number of nitrogens with one attached hydrogen (secondary N) is 1. The number of H-pyrrole nitrogens is 1. The van der Waals surface area contributed by atoms with Crippen LogP contribution in [0.5, 0.6) is 5.88 Å². The molecular weight excluding hydrogens is 260 g/mol. The maximum Gasteiger partial charge on any atom is 0.243 e. The summed E-state index contributed by atoms with van der Waals surface area (Å²) in [6, 6.07) is 2.06. The molecule has 19 heavy (non-hydrogen) atoms. The molecule has 0 saturated carbocycles. The van der Waals surface area contributed by atoms with Crippen LogP contribution in [0.2, 0.25) is 0 Å². The van der Waals surface area contributed by atoms with Crippen LogP contribution in [0.15, 0.2) is 17.8 Å². The number of hydrogen-bond acceptors (Lipinski definition) is 4. The maximum atomic E-state index is 6.23. The van der Waals surface area contributed by atoms with E-state index in [-0.39, 0.29) is 5.92 Å². The zero-order valence-electron chi connectivity index (χ0n) is 10.5. The summed E-state index contributed by atoms with van der Waals surface area (Å²) in [5.41, 5.74) is 11.5. The lowest BCUT2D eigenvalue weighted by Gasteiger charge is -2.22. The summed E-state index contributed by atoms with van der Waals surface area (Å²) in [4.78, 5) is 0. The summed E-state index contributed by atoms with van der Waals surface area (Å²) in [5, 5.41) is 7.55. The highest BCUT2D eigenvalue weighted by molar-refractivity contribution is 7.80. The third-order valence-corrected chi connectivity index (χ3v) is 4.20. The van der Waals surface area contributed by atoms with E-state index in [9.17, 15) is 0 Å². The van der Waals surface area contributed by atoms with Gasteiger partial charge in [0.1, 0.15) is 5.82 Å². The van der Waals surface area contributed by atoms with Crippen molar-refractivity contribution in [2.45, 2.75) is 19.8 Å². The third kappa shape index (κ3) is 1.14. The monoisotopic (exact) mass is 272 g/mol. The van der Waals surface area contributed by atoms with Crippen molar-refractivity contribution in [1.29, 1.82) is 0 Å². The fourth-order valence-electron chi connectivity index (χ4n) is 3.01. The first-order valence-corrected chi connectivity index (χ1v) is 6.45. The summed E-state index contributed by atoms with van der Waals surface area (Å²) in [6.07, 6.45) is 1.98. The van der Waals surface area contributed by atoms with Crippen molar-refractivity contribution in [3.63, 3.8) is 0 Å². The summed E-state index contributed by atoms with van der Waals surface area (Å²) >= 11 is 5.34. The van der Waals surface area contributed by atoms with Gasteiger partial charge in [-0.3, -0.25) is 5.10 Å². The second kappa shape index (κ2) is 3.27. The molecule has 3 N–H and O–H groups in total. The highest BCUT2D eigenvalue weighted by atomic mass is 32.1. The van der Waals surface area contributed by atoms with Gasteiger partial charge in [0.25, 0.3) is 0 Å². The fraction of sp³-hybridized carbons (Fsp3) is 0.231. The second-order valence-corrected chi connectivity index (χ2v) is 5.31. The molecule has 1 atom stereocenters. The van der Waals surface area contributed by atoms with Crippen molar-refractivity contribution in [3.05, 3.63) is 40.4 Å². The molecule has 4 rings (SSSR count). The van der Waals surface area contributed by atoms with E-state index in [4.69, 9.17) is 22.7 Å². The molecule has 0 fully saturated rings. The molecule has 2 aromatic heterocycles. The van der Waals surface area contributed by atoms with Crippen molar-refractivity contribution in [2.75, 3.05) is 0 Å². The molecule has 4 heterocycles. The van der Waals surface area contributed by atoms with E-state index in [1.54, 1.807) is 0 Å². The predicted octanol–water partition coefficient (Wildman–Crippen LogP) is 1.82. The molecule has 2 aliphatic rings. The van der Waals surface area contributed by atoms with Crippen molar-refractivity contribution < 1.29 is 4.74 Å². The van der Waals surface area contributed by atoms with E-state index in [0.717, 1.165) is 22.5 Å². The standard InChI is InChI=1S/C13H12N4OS/c1-5-3-4-17-10(5)8-7-6(2)15-16-12(7)18-13(19)9(8)11(17)14/h3-4,8H,14H2,1-2H3,(H,15,16). The first-order valence-electron chi connectivity index (χ1n) is 6.04. The molecule has 1 unspecified atom stereocenters. The number of nitrogens with two attached hydrogens (primary N) is 1. The fourth-order valence-corrected chi connectivity index (χ4v) is 3.31. The summed E-state index contributed by atoms with van der Waals surface area (Å²) in [7, 11) is 0. The average molecular weight is 272 g/mol. The highest BCUT2D eigenvalue weighted by Crippen LogP contribution is 2.48. The van der Waals surface area contributed by atoms with Crippen LogP contribution < -0.4 is 10.5 Å². The lowest BCUT2D eigenvalue weighted by molar-refractivity contribution is 0.513. The second-order valence-electron chi connectivity index (χ2n) is 4.94. The number of aromatic nitrogens is 3. The number of thiocarbonyl (C=S) groups is 1. The molecule has 6 heteroatoms. The van der Waals surface area contributed by atoms with Crippen LogP contribution in [0.25, 0.3) is 5.82 Å². The minimum atomic E-state index is 0.0324. The van der Waals surface area contributed by atoms with E-state index in [1.165, 1.54) is 5.56 Å². The number of hydrogen-bond donors (Lipinski definition) is 2. The molecule has 2 aliphatic heterocycles. The van der Waals surface area contributed by atoms with Crippen LogP contribution in [0.4, 0.5) is 0 Å². The molecule has 0 aromatic carbocycles.